The number of nitrogens with one attached hydrogen (secondary N) is 1. The Labute approximate surface area is 239 Å². The second-order valence-electron chi connectivity index (χ2n) is 9.92. The number of fused-ring (bicyclic) bond motifs is 2. The molecule has 42 heavy (non-hydrogen) atoms. The zero-order chi connectivity index (χ0) is 29.4. The van der Waals surface area contributed by atoms with Crippen molar-refractivity contribution >= 4 is 28.4 Å². The van der Waals surface area contributed by atoms with Gasteiger partial charge >= 0.3 is 0 Å². The SMILES string of the molecule is COc1cc2nccc(Oc3ccc(NC(=O)C4=C5CCCN5C[C@@H](c5ccc(F)cc5)C4=O)cc3F)c2nc1OC. The number of Topliss-reactive ketones (excluding diaryl/α,β-unsaturated/α-hetero) is 1. The lowest BCUT2D eigenvalue weighted by atomic mass is 9.85. The van der Waals surface area contributed by atoms with E-state index in [-0.39, 0.29) is 34.4 Å². The number of ketones is 1. The number of amides is 1. The van der Waals surface area contributed by atoms with Gasteiger partial charge in [0.05, 0.1) is 25.7 Å². The average molecular weight is 573 g/mol. The summed E-state index contributed by atoms with van der Waals surface area (Å²) in [6.45, 7) is 1.14. The molecule has 0 bridgehead atoms. The van der Waals surface area contributed by atoms with Crippen molar-refractivity contribution < 1.29 is 32.6 Å². The molecule has 0 saturated carbocycles. The van der Waals surface area contributed by atoms with Crippen LogP contribution in [0.2, 0.25) is 0 Å². The maximum Gasteiger partial charge on any atom is 0.261 e. The first-order chi connectivity index (χ1) is 20.4. The van der Waals surface area contributed by atoms with E-state index in [4.69, 9.17) is 14.2 Å². The monoisotopic (exact) mass is 572 g/mol. The highest BCUT2D eigenvalue weighted by Crippen LogP contribution is 2.38. The summed E-state index contributed by atoms with van der Waals surface area (Å²) in [4.78, 5) is 37.7. The molecule has 2 aromatic carbocycles. The Morgan fingerprint density at radius 1 is 1.00 bits per heavy atom. The number of halogens is 2. The third-order valence-corrected chi connectivity index (χ3v) is 7.41. The van der Waals surface area contributed by atoms with Gasteiger partial charge in [0.25, 0.3) is 11.8 Å². The van der Waals surface area contributed by atoms with Gasteiger partial charge in [0.1, 0.15) is 16.9 Å². The average Bonchev–Trinajstić information content (AvgIpc) is 3.46. The molecule has 1 amide bonds. The molecule has 0 radical (unpaired) electrons. The number of pyridine rings is 2. The van der Waals surface area contributed by atoms with E-state index in [9.17, 15) is 14.0 Å². The number of hydrogen-bond donors (Lipinski definition) is 1. The van der Waals surface area contributed by atoms with Crippen molar-refractivity contribution in [1.29, 1.82) is 0 Å². The van der Waals surface area contributed by atoms with Crippen molar-refractivity contribution in [3.8, 4) is 23.1 Å². The number of allylic oxidation sites excluding steroid dienone is 1. The molecular weight excluding hydrogens is 546 g/mol. The Balaban J connectivity index is 1.24. The van der Waals surface area contributed by atoms with Crippen LogP contribution in [0.4, 0.5) is 14.5 Å². The highest BCUT2D eigenvalue weighted by Gasteiger charge is 2.40. The third-order valence-electron chi connectivity index (χ3n) is 7.41. The van der Waals surface area contributed by atoms with E-state index in [1.54, 1.807) is 24.3 Å². The molecule has 4 heterocycles. The minimum atomic E-state index is -0.738. The van der Waals surface area contributed by atoms with E-state index >= 15 is 4.39 Å². The molecule has 214 valence electrons. The van der Waals surface area contributed by atoms with Crippen LogP contribution in [-0.2, 0) is 9.59 Å². The second-order valence-corrected chi connectivity index (χ2v) is 9.92. The van der Waals surface area contributed by atoms with Gasteiger partial charge in [-0.1, -0.05) is 12.1 Å². The van der Waals surface area contributed by atoms with Crippen LogP contribution in [0.15, 0.2) is 72.1 Å². The highest BCUT2D eigenvalue weighted by atomic mass is 19.1. The van der Waals surface area contributed by atoms with Crippen molar-refractivity contribution in [3.05, 3.63) is 89.3 Å². The quantitative estimate of drug-likeness (QED) is 0.295. The zero-order valence-corrected chi connectivity index (χ0v) is 22.8. The van der Waals surface area contributed by atoms with E-state index in [0.29, 0.717) is 41.0 Å². The fraction of sp³-hybridized carbons (Fsp3) is 0.226. The molecule has 6 rings (SSSR count). The lowest BCUT2D eigenvalue weighted by Crippen LogP contribution is -2.39. The minimum absolute atomic E-state index is 0.0486. The fourth-order valence-corrected chi connectivity index (χ4v) is 5.39. The van der Waals surface area contributed by atoms with Crippen LogP contribution in [-0.4, -0.2) is 53.9 Å². The summed E-state index contributed by atoms with van der Waals surface area (Å²) in [5.74, 6) is -1.96. The Kier molecular flexibility index (Phi) is 7.15. The van der Waals surface area contributed by atoms with Crippen LogP contribution in [0, 0.1) is 11.6 Å². The lowest BCUT2D eigenvalue weighted by Gasteiger charge is -2.33. The molecule has 0 spiro atoms. The van der Waals surface area contributed by atoms with Crippen LogP contribution in [0.1, 0.15) is 24.3 Å². The molecule has 0 unspecified atom stereocenters. The second kappa shape index (κ2) is 11.1. The van der Waals surface area contributed by atoms with Crippen molar-refractivity contribution in [3.63, 3.8) is 0 Å². The molecule has 2 aliphatic heterocycles. The van der Waals surface area contributed by atoms with Crippen LogP contribution in [0.5, 0.6) is 23.1 Å². The number of aromatic nitrogens is 2. The lowest BCUT2D eigenvalue weighted by molar-refractivity contribution is -0.122. The highest BCUT2D eigenvalue weighted by molar-refractivity contribution is 6.26. The molecule has 1 saturated heterocycles. The molecule has 2 aromatic heterocycles. The van der Waals surface area contributed by atoms with Crippen molar-refractivity contribution in [2.75, 3.05) is 32.6 Å². The number of hydrogen-bond acceptors (Lipinski definition) is 8. The van der Waals surface area contributed by atoms with E-state index in [1.807, 2.05) is 4.90 Å². The number of nitrogens with zero attached hydrogens (tertiary/aromatic N) is 3. The van der Waals surface area contributed by atoms with Gasteiger partial charge in [-0.2, -0.15) is 0 Å². The summed E-state index contributed by atoms with van der Waals surface area (Å²) < 4.78 is 45.1. The largest absolute Gasteiger partial charge is 0.491 e. The molecule has 4 aromatic rings. The van der Waals surface area contributed by atoms with Gasteiger partial charge in [-0.25, -0.2) is 13.8 Å². The molecule has 0 aliphatic carbocycles. The Morgan fingerprint density at radius 3 is 2.55 bits per heavy atom. The molecule has 11 heteroatoms. The molecule has 1 N–H and O–H groups in total. The van der Waals surface area contributed by atoms with Crippen molar-refractivity contribution in [2.45, 2.75) is 18.8 Å². The van der Waals surface area contributed by atoms with Gasteiger partial charge in [-0.15, -0.1) is 0 Å². The number of rotatable bonds is 7. The standard InChI is InChI=1S/C31H26F2N4O5/c1-40-26-15-22-28(36-31(26)41-2)25(11-12-34-22)42-24-10-9-19(14-21(24)33)35-30(39)27-23-4-3-13-37(23)16-20(29(27)38)17-5-7-18(32)8-6-17/h5-12,14-15,20H,3-4,13,16H2,1-2H3,(H,35,39)/t20-/m0/s1. The smallest absolute Gasteiger partial charge is 0.261 e. The maximum atomic E-state index is 15.2. The molecule has 1 atom stereocenters. The van der Waals surface area contributed by atoms with E-state index in [0.717, 1.165) is 19.0 Å². The van der Waals surface area contributed by atoms with E-state index in [1.165, 1.54) is 44.7 Å². The van der Waals surface area contributed by atoms with Gasteiger partial charge in [-0.3, -0.25) is 14.6 Å². The predicted octanol–water partition coefficient (Wildman–Crippen LogP) is 5.37. The molecule has 1 fully saturated rings. The third kappa shape index (κ3) is 4.98. The van der Waals surface area contributed by atoms with Crippen LogP contribution in [0.3, 0.4) is 0 Å². The molecular formula is C31H26F2N4O5. The Morgan fingerprint density at radius 2 is 1.81 bits per heavy atom. The van der Waals surface area contributed by atoms with Crippen molar-refractivity contribution in [2.24, 2.45) is 0 Å². The van der Waals surface area contributed by atoms with E-state index < -0.39 is 23.5 Å². The Hall–Kier alpha value is -5.06. The number of ether oxygens (including phenoxy) is 3. The van der Waals surface area contributed by atoms with Gasteiger partial charge in [0.15, 0.2) is 28.8 Å². The summed E-state index contributed by atoms with van der Waals surface area (Å²) in [5, 5.41) is 2.67. The van der Waals surface area contributed by atoms with E-state index in [2.05, 4.69) is 15.3 Å². The maximum absolute atomic E-state index is 15.2. The number of carbonyl (C=O) groups is 2. The minimum Gasteiger partial charge on any atom is -0.491 e. The zero-order valence-electron chi connectivity index (χ0n) is 22.8. The van der Waals surface area contributed by atoms with Gasteiger partial charge in [-0.05, 0) is 42.7 Å². The molecule has 9 nitrogen and oxygen atoms in total. The predicted molar refractivity (Wildman–Crippen MR) is 150 cm³/mol. The normalized spacial score (nSPS) is 16.4. The molecule has 2 aliphatic rings. The number of methoxy groups -OCH3 is 2. The number of carbonyl (C=O) groups excluding carboxylic acids is 2. The summed E-state index contributed by atoms with van der Waals surface area (Å²) in [6.07, 6.45) is 2.91. The first kappa shape index (κ1) is 27.1. The first-order valence-corrected chi connectivity index (χ1v) is 13.3. The number of anilines is 1. The van der Waals surface area contributed by atoms with Gasteiger partial charge in [0, 0.05) is 48.9 Å². The fourth-order valence-electron chi connectivity index (χ4n) is 5.39. The van der Waals surface area contributed by atoms with Crippen LogP contribution < -0.4 is 19.5 Å². The Bertz CT molecular complexity index is 1740. The van der Waals surface area contributed by atoms with Gasteiger partial charge in [0.2, 0.25) is 0 Å². The summed E-state index contributed by atoms with van der Waals surface area (Å²) in [6, 6.07) is 12.9. The van der Waals surface area contributed by atoms with Gasteiger partial charge < -0.3 is 24.4 Å². The topological polar surface area (TPSA) is 103 Å². The van der Waals surface area contributed by atoms with Crippen LogP contribution >= 0.6 is 0 Å². The summed E-state index contributed by atoms with van der Waals surface area (Å²) in [5.41, 5.74) is 2.32. The number of benzene rings is 2. The first-order valence-electron chi connectivity index (χ1n) is 13.3. The summed E-state index contributed by atoms with van der Waals surface area (Å²) in [7, 11) is 2.93. The summed E-state index contributed by atoms with van der Waals surface area (Å²) >= 11 is 0. The van der Waals surface area contributed by atoms with Crippen LogP contribution in [0.25, 0.3) is 11.0 Å². The van der Waals surface area contributed by atoms with Crippen molar-refractivity contribution in [1.82, 2.24) is 14.9 Å².